The zero-order chi connectivity index (χ0) is 11.5. The fraction of sp³-hybridized carbons (Fsp3) is 0. The van der Waals surface area contributed by atoms with Gasteiger partial charge >= 0.3 is 0 Å². The van der Waals surface area contributed by atoms with Gasteiger partial charge in [0.1, 0.15) is 29.0 Å². The molecule has 0 atom stereocenters. The van der Waals surface area contributed by atoms with E-state index in [4.69, 9.17) is 11.0 Å². The molecule has 0 amide bonds. The molecule has 0 radical (unpaired) electrons. The van der Waals surface area contributed by atoms with Crippen molar-refractivity contribution in [3.05, 3.63) is 35.8 Å². The third-order valence-electron chi connectivity index (χ3n) is 2.06. The number of aromatic nitrogens is 2. The van der Waals surface area contributed by atoms with Crippen LogP contribution in [0, 0.1) is 17.1 Å². The Labute approximate surface area is 90.7 Å². The van der Waals surface area contributed by atoms with Gasteiger partial charge in [-0.25, -0.2) is 4.39 Å². The second kappa shape index (κ2) is 3.90. The van der Waals surface area contributed by atoms with Crippen LogP contribution >= 0.6 is 0 Å². The zero-order valence-electron chi connectivity index (χ0n) is 8.16. The molecule has 0 unspecified atom stereocenters. The van der Waals surface area contributed by atoms with Gasteiger partial charge in [-0.1, -0.05) is 6.07 Å². The van der Waals surface area contributed by atoms with Crippen molar-refractivity contribution >= 4 is 17.2 Å². The largest absolute Gasteiger partial charge is 0.382 e. The zero-order valence-corrected chi connectivity index (χ0v) is 8.16. The molecule has 80 valence electrons. The van der Waals surface area contributed by atoms with E-state index < -0.39 is 5.82 Å². The first-order chi connectivity index (χ1) is 7.72. The van der Waals surface area contributed by atoms with Gasteiger partial charge in [-0.2, -0.15) is 10.4 Å². The molecule has 1 heterocycles. The van der Waals surface area contributed by atoms with Gasteiger partial charge < -0.3 is 11.1 Å². The summed E-state index contributed by atoms with van der Waals surface area (Å²) in [6.07, 6.45) is 1.46. The number of hydrogen-bond donors (Lipinski definition) is 3. The van der Waals surface area contributed by atoms with Crippen LogP contribution in [0.3, 0.4) is 0 Å². The molecule has 0 spiro atoms. The molecule has 2 aromatic rings. The summed E-state index contributed by atoms with van der Waals surface area (Å²) < 4.78 is 13.3. The fourth-order valence-electron chi connectivity index (χ4n) is 1.28. The first-order valence-corrected chi connectivity index (χ1v) is 4.47. The van der Waals surface area contributed by atoms with Crippen molar-refractivity contribution in [1.29, 1.82) is 5.26 Å². The molecule has 0 aliphatic rings. The SMILES string of the molecule is N#Cc1c(F)cccc1Nc1cn[nH]c1N. The lowest BCUT2D eigenvalue weighted by atomic mass is 10.2. The molecule has 0 bridgehead atoms. The van der Waals surface area contributed by atoms with Crippen molar-refractivity contribution < 1.29 is 4.39 Å². The first-order valence-electron chi connectivity index (χ1n) is 4.47. The Morgan fingerprint density at radius 2 is 2.25 bits per heavy atom. The predicted octanol–water partition coefficient (Wildman–Crippen LogP) is 1.75. The summed E-state index contributed by atoms with van der Waals surface area (Å²) in [5.41, 5.74) is 6.37. The van der Waals surface area contributed by atoms with Crippen molar-refractivity contribution in [2.45, 2.75) is 0 Å². The number of hydrogen-bond acceptors (Lipinski definition) is 4. The highest BCUT2D eigenvalue weighted by molar-refractivity contribution is 5.72. The number of nitrogens with one attached hydrogen (secondary N) is 2. The summed E-state index contributed by atoms with van der Waals surface area (Å²) in [6, 6.07) is 6.11. The van der Waals surface area contributed by atoms with E-state index in [1.165, 1.54) is 18.3 Å². The van der Waals surface area contributed by atoms with Gasteiger partial charge in [-0.05, 0) is 12.1 Å². The normalized spacial score (nSPS) is 9.75. The predicted molar refractivity (Wildman–Crippen MR) is 57.4 cm³/mol. The van der Waals surface area contributed by atoms with Gasteiger partial charge in [-0.15, -0.1) is 0 Å². The lowest BCUT2D eigenvalue weighted by Gasteiger charge is -2.06. The van der Waals surface area contributed by atoms with Gasteiger partial charge in [0.25, 0.3) is 0 Å². The third kappa shape index (κ3) is 1.66. The maximum Gasteiger partial charge on any atom is 0.143 e. The quantitative estimate of drug-likeness (QED) is 0.714. The maximum atomic E-state index is 13.3. The van der Waals surface area contributed by atoms with E-state index in [1.54, 1.807) is 12.1 Å². The van der Waals surface area contributed by atoms with Crippen molar-refractivity contribution in [3.63, 3.8) is 0 Å². The molecule has 16 heavy (non-hydrogen) atoms. The smallest absolute Gasteiger partial charge is 0.143 e. The summed E-state index contributed by atoms with van der Waals surface area (Å²) in [5, 5.41) is 17.9. The van der Waals surface area contributed by atoms with Crippen molar-refractivity contribution in [1.82, 2.24) is 10.2 Å². The van der Waals surface area contributed by atoms with Crippen LogP contribution in [0.2, 0.25) is 0 Å². The summed E-state index contributed by atoms with van der Waals surface area (Å²) in [4.78, 5) is 0. The molecule has 6 heteroatoms. The van der Waals surface area contributed by atoms with Gasteiger partial charge in [-0.3, -0.25) is 5.10 Å². The minimum absolute atomic E-state index is 0.0527. The molecule has 0 saturated carbocycles. The second-order valence-electron chi connectivity index (χ2n) is 3.10. The Morgan fingerprint density at radius 1 is 1.44 bits per heavy atom. The van der Waals surface area contributed by atoms with Crippen molar-refractivity contribution in [2.24, 2.45) is 0 Å². The number of aromatic amines is 1. The summed E-state index contributed by atoms with van der Waals surface area (Å²) >= 11 is 0. The number of halogens is 1. The number of nitrogens with zero attached hydrogens (tertiary/aromatic N) is 2. The van der Waals surface area contributed by atoms with Gasteiger partial charge in [0.05, 0.1) is 11.9 Å². The molecule has 0 aliphatic heterocycles. The molecule has 1 aromatic heterocycles. The van der Waals surface area contributed by atoms with E-state index in [0.717, 1.165) is 0 Å². The summed E-state index contributed by atoms with van der Waals surface area (Å²) in [6.45, 7) is 0. The number of nitrogen functional groups attached to an aromatic ring is 1. The average Bonchev–Trinajstić information content (AvgIpc) is 2.65. The number of anilines is 3. The minimum atomic E-state index is -0.574. The Hall–Kier alpha value is -2.55. The Morgan fingerprint density at radius 3 is 2.88 bits per heavy atom. The van der Waals surface area contributed by atoms with Crippen LogP contribution in [-0.2, 0) is 0 Å². The Balaban J connectivity index is 2.40. The highest BCUT2D eigenvalue weighted by atomic mass is 19.1. The first kappa shape index (κ1) is 9.98. The lowest BCUT2D eigenvalue weighted by Crippen LogP contribution is -1.97. The number of benzene rings is 1. The van der Waals surface area contributed by atoms with Crippen molar-refractivity contribution in [3.8, 4) is 6.07 Å². The molecular formula is C10H8FN5. The number of rotatable bonds is 2. The van der Waals surface area contributed by atoms with Crippen LogP contribution in [0.25, 0.3) is 0 Å². The van der Waals surface area contributed by atoms with Gasteiger partial charge in [0.15, 0.2) is 0 Å². The van der Waals surface area contributed by atoms with Crippen molar-refractivity contribution in [2.75, 3.05) is 11.1 Å². The summed E-state index contributed by atoms with van der Waals surface area (Å²) in [5.74, 6) is -0.247. The molecule has 0 fully saturated rings. The number of nitrogens with two attached hydrogens (primary N) is 1. The highest BCUT2D eigenvalue weighted by Gasteiger charge is 2.09. The van der Waals surface area contributed by atoms with Crippen LogP contribution in [0.15, 0.2) is 24.4 Å². The summed E-state index contributed by atoms with van der Waals surface area (Å²) in [7, 11) is 0. The van der Waals surface area contributed by atoms with E-state index in [0.29, 0.717) is 17.2 Å². The van der Waals surface area contributed by atoms with Gasteiger partial charge in [0.2, 0.25) is 0 Å². The van der Waals surface area contributed by atoms with E-state index in [2.05, 4.69) is 15.5 Å². The molecule has 0 saturated heterocycles. The van der Waals surface area contributed by atoms with E-state index >= 15 is 0 Å². The molecular weight excluding hydrogens is 209 g/mol. The molecule has 4 N–H and O–H groups in total. The average molecular weight is 217 g/mol. The van der Waals surface area contributed by atoms with Crippen LogP contribution in [0.5, 0.6) is 0 Å². The van der Waals surface area contributed by atoms with E-state index in [9.17, 15) is 4.39 Å². The van der Waals surface area contributed by atoms with Crippen LogP contribution in [-0.4, -0.2) is 10.2 Å². The second-order valence-corrected chi connectivity index (χ2v) is 3.10. The van der Waals surface area contributed by atoms with Crippen LogP contribution in [0.1, 0.15) is 5.56 Å². The highest BCUT2D eigenvalue weighted by Crippen LogP contribution is 2.24. The van der Waals surface area contributed by atoms with E-state index in [-0.39, 0.29) is 5.56 Å². The Kier molecular flexibility index (Phi) is 2.44. The molecule has 5 nitrogen and oxygen atoms in total. The number of nitriles is 1. The van der Waals surface area contributed by atoms with Crippen LogP contribution in [0.4, 0.5) is 21.6 Å². The monoisotopic (exact) mass is 217 g/mol. The van der Waals surface area contributed by atoms with Crippen LogP contribution < -0.4 is 11.1 Å². The van der Waals surface area contributed by atoms with E-state index in [1.807, 2.05) is 0 Å². The number of H-pyrrole nitrogens is 1. The standard InChI is InChI=1S/C10H8FN5/c11-7-2-1-3-8(6(7)4-12)15-9-5-14-16-10(9)13/h1-3,5,15H,(H3,13,14,16). The third-order valence-corrected chi connectivity index (χ3v) is 2.06. The maximum absolute atomic E-state index is 13.3. The lowest BCUT2D eigenvalue weighted by molar-refractivity contribution is 0.624. The molecule has 1 aromatic carbocycles. The topological polar surface area (TPSA) is 90.5 Å². The Bertz CT molecular complexity index is 555. The molecule has 0 aliphatic carbocycles. The minimum Gasteiger partial charge on any atom is -0.382 e. The van der Waals surface area contributed by atoms with Gasteiger partial charge in [0, 0.05) is 0 Å². The molecule has 2 rings (SSSR count). The fourth-order valence-corrected chi connectivity index (χ4v) is 1.28.